The fourth-order valence-corrected chi connectivity index (χ4v) is 0.969. The molecule has 0 radical (unpaired) electrons. The van der Waals surface area contributed by atoms with E-state index in [0.29, 0.717) is 5.75 Å². The first-order chi connectivity index (χ1) is 8.15. The molecule has 17 heavy (non-hydrogen) atoms. The molecule has 0 aliphatic carbocycles. The Kier molecular flexibility index (Phi) is 4.96. The Balaban J connectivity index is 2.50. The summed E-state index contributed by atoms with van der Waals surface area (Å²) < 4.78 is 14.2. The smallest absolute Gasteiger partial charge is 0.343 e. The van der Waals surface area contributed by atoms with E-state index in [2.05, 4.69) is 4.74 Å². The Bertz CT molecular complexity index is 383. The molecule has 0 saturated carbocycles. The van der Waals surface area contributed by atoms with Crippen molar-refractivity contribution in [3.63, 3.8) is 0 Å². The van der Waals surface area contributed by atoms with Crippen molar-refractivity contribution in [2.45, 2.75) is 0 Å². The summed E-state index contributed by atoms with van der Waals surface area (Å²) in [4.78, 5) is 21.5. The van der Waals surface area contributed by atoms with Crippen molar-refractivity contribution >= 4 is 11.9 Å². The number of aliphatic hydroxyl groups excluding tert-OH is 1. The zero-order valence-corrected chi connectivity index (χ0v) is 9.21. The minimum atomic E-state index is -0.742. The molecule has 0 saturated heterocycles. The van der Waals surface area contributed by atoms with Gasteiger partial charge in [-0.25, -0.2) is 9.59 Å². The Hall–Kier alpha value is -2.08. The Labute approximate surface area is 97.7 Å². The fraction of sp³-hybridized carbons (Fsp3) is 0.273. The number of methoxy groups -OCH3 is 1. The van der Waals surface area contributed by atoms with Gasteiger partial charge in [-0.2, -0.15) is 0 Å². The van der Waals surface area contributed by atoms with E-state index in [1.807, 2.05) is 0 Å². The fourth-order valence-electron chi connectivity index (χ4n) is 0.969. The van der Waals surface area contributed by atoms with Gasteiger partial charge >= 0.3 is 11.9 Å². The maximum absolute atomic E-state index is 10.8. The van der Waals surface area contributed by atoms with Gasteiger partial charge in [-0.15, -0.1) is 0 Å². The monoisotopic (exact) mass is 240 g/mol. The zero-order valence-electron chi connectivity index (χ0n) is 9.21. The first-order valence-corrected chi connectivity index (χ1v) is 4.77. The summed E-state index contributed by atoms with van der Waals surface area (Å²) in [5.74, 6) is -0.498. The Morgan fingerprint density at radius 2 is 1.71 bits per heavy atom. The normalized spacial score (nSPS) is 9.53. The first kappa shape index (κ1) is 13.0. The number of aliphatic hydroxyl groups is 1. The highest BCUT2D eigenvalue weighted by Gasteiger charge is 2.04. The van der Waals surface area contributed by atoms with Crippen molar-refractivity contribution in [1.82, 2.24) is 0 Å². The summed E-state index contributed by atoms with van der Waals surface area (Å²) in [6, 6.07) is 6.03. The lowest BCUT2D eigenvalue weighted by Crippen LogP contribution is -2.13. The summed E-state index contributed by atoms with van der Waals surface area (Å²) in [6.07, 6.45) is 0. The third kappa shape index (κ3) is 4.52. The van der Waals surface area contributed by atoms with Gasteiger partial charge in [0.25, 0.3) is 0 Å². The van der Waals surface area contributed by atoms with E-state index in [-0.39, 0.29) is 12.4 Å². The molecule has 0 heterocycles. The van der Waals surface area contributed by atoms with Gasteiger partial charge in [0.15, 0.2) is 6.61 Å². The second-order valence-electron chi connectivity index (χ2n) is 2.97. The summed E-state index contributed by atoms with van der Waals surface area (Å²) >= 11 is 0. The third-order valence-electron chi connectivity index (χ3n) is 1.77. The molecule has 0 fully saturated rings. The largest absolute Gasteiger partial charge is 0.482 e. The van der Waals surface area contributed by atoms with Gasteiger partial charge in [0.05, 0.1) is 7.11 Å². The van der Waals surface area contributed by atoms with Crippen LogP contribution in [-0.2, 0) is 14.3 Å². The van der Waals surface area contributed by atoms with Crippen LogP contribution >= 0.6 is 0 Å². The molecule has 1 aromatic carbocycles. The zero-order chi connectivity index (χ0) is 12.7. The molecule has 0 spiro atoms. The number of hydrogen-bond donors (Lipinski definition) is 1. The van der Waals surface area contributed by atoms with Gasteiger partial charge in [0.1, 0.15) is 18.1 Å². The van der Waals surface area contributed by atoms with Crippen LogP contribution in [0.4, 0.5) is 0 Å². The number of benzene rings is 1. The average Bonchev–Trinajstić information content (AvgIpc) is 2.37. The standard InChI is InChI=1S/C11H12O6/c1-15-11(14)7-16-8-2-4-9(5-3-8)17-10(13)6-12/h2-5,12H,6-7H2,1H3. The molecule has 0 atom stereocenters. The Morgan fingerprint density at radius 3 is 2.24 bits per heavy atom. The van der Waals surface area contributed by atoms with Crippen LogP contribution in [0, 0.1) is 0 Å². The lowest BCUT2D eigenvalue weighted by molar-refractivity contribution is -0.143. The van der Waals surface area contributed by atoms with Gasteiger partial charge in [-0.3, -0.25) is 0 Å². The minimum absolute atomic E-state index is 0.188. The highest BCUT2D eigenvalue weighted by atomic mass is 16.6. The minimum Gasteiger partial charge on any atom is -0.482 e. The third-order valence-corrected chi connectivity index (χ3v) is 1.77. The summed E-state index contributed by atoms with van der Waals surface area (Å²) in [5.41, 5.74) is 0. The van der Waals surface area contributed by atoms with Crippen molar-refractivity contribution in [3.05, 3.63) is 24.3 Å². The Morgan fingerprint density at radius 1 is 1.12 bits per heavy atom. The lowest BCUT2D eigenvalue weighted by atomic mass is 10.3. The highest BCUT2D eigenvalue weighted by Crippen LogP contribution is 2.17. The second-order valence-corrected chi connectivity index (χ2v) is 2.97. The van der Waals surface area contributed by atoms with Crippen molar-refractivity contribution in [3.8, 4) is 11.5 Å². The van der Waals surface area contributed by atoms with E-state index in [1.54, 1.807) is 0 Å². The van der Waals surface area contributed by atoms with Gasteiger partial charge in [0.2, 0.25) is 0 Å². The summed E-state index contributed by atoms with van der Waals surface area (Å²) in [5, 5.41) is 8.47. The summed E-state index contributed by atoms with van der Waals surface area (Å²) in [6.45, 7) is -0.868. The van der Waals surface area contributed by atoms with E-state index >= 15 is 0 Å². The molecule has 6 nitrogen and oxygen atoms in total. The van der Waals surface area contributed by atoms with Gasteiger partial charge in [-0.1, -0.05) is 0 Å². The molecule has 0 aliphatic rings. The number of carbonyl (C=O) groups excluding carboxylic acids is 2. The number of hydrogen-bond acceptors (Lipinski definition) is 6. The lowest BCUT2D eigenvalue weighted by Gasteiger charge is -2.06. The van der Waals surface area contributed by atoms with Gasteiger partial charge in [-0.05, 0) is 24.3 Å². The van der Waals surface area contributed by atoms with Crippen LogP contribution in [0.25, 0.3) is 0 Å². The molecule has 92 valence electrons. The maximum Gasteiger partial charge on any atom is 0.343 e. The van der Waals surface area contributed by atoms with Crippen LogP contribution in [0.1, 0.15) is 0 Å². The van der Waals surface area contributed by atoms with E-state index in [0.717, 1.165) is 0 Å². The molecule has 6 heteroatoms. The topological polar surface area (TPSA) is 82.1 Å². The quantitative estimate of drug-likeness (QED) is 0.582. The molecule has 1 rings (SSSR count). The average molecular weight is 240 g/mol. The number of carbonyl (C=O) groups is 2. The van der Waals surface area contributed by atoms with E-state index < -0.39 is 18.5 Å². The van der Waals surface area contributed by atoms with Crippen LogP contribution < -0.4 is 9.47 Å². The van der Waals surface area contributed by atoms with Crippen molar-refractivity contribution in [2.75, 3.05) is 20.3 Å². The van der Waals surface area contributed by atoms with Crippen LogP contribution in [0.5, 0.6) is 11.5 Å². The van der Waals surface area contributed by atoms with Crippen LogP contribution in [0.15, 0.2) is 24.3 Å². The number of ether oxygens (including phenoxy) is 3. The van der Waals surface area contributed by atoms with Crippen molar-refractivity contribution in [1.29, 1.82) is 0 Å². The molecule has 0 aromatic heterocycles. The molecule has 0 bridgehead atoms. The number of esters is 2. The molecule has 0 amide bonds. The molecule has 0 unspecified atom stereocenters. The molecular formula is C11H12O6. The maximum atomic E-state index is 10.8. The van der Waals surface area contributed by atoms with Crippen LogP contribution in [0.3, 0.4) is 0 Å². The molecule has 0 aliphatic heterocycles. The van der Waals surface area contributed by atoms with Gasteiger partial charge < -0.3 is 19.3 Å². The summed E-state index contributed by atoms with van der Waals surface area (Å²) in [7, 11) is 1.27. The molecule has 1 aromatic rings. The molecule has 1 N–H and O–H groups in total. The second kappa shape index (κ2) is 6.49. The van der Waals surface area contributed by atoms with Crippen LogP contribution in [-0.4, -0.2) is 37.4 Å². The van der Waals surface area contributed by atoms with Gasteiger partial charge in [0, 0.05) is 0 Å². The molecular weight excluding hydrogens is 228 g/mol. The first-order valence-electron chi connectivity index (χ1n) is 4.77. The van der Waals surface area contributed by atoms with Crippen molar-refractivity contribution in [2.24, 2.45) is 0 Å². The SMILES string of the molecule is COC(=O)COc1ccc(OC(=O)CO)cc1. The highest BCUT2D eigenvalue weighted by molar-refractivity contribution is 5.73. The predicted molar refractivity (Wildman–Crippen MR) is 56.7 cm³/mol. The van der Waals surface area contributed by atoms with Crippen molar-refractivity contribution < 1.29 is 28.9 Å². The van der Waals surface area contributed by atoms with E-state index in [9.17, 15) is 9.59 Å². The van der Waals surface area contributed by atoms with E-state index in [4.69, 9.17) is 14.6 Å². The predicted octanol–water partition coefficient (Wildman–Crippen LogP) is 0.136. The van der Waals surface area contributed by atoms with E-state index in [1.165, 1.54) is 31.4 Å². The number of rotatable bonds is 5. The van der Waals surface area contributed by atoms with Crippen LogP contribution in [0.2, 0.25) is 0 Å².